The topological polar surface area (TPSA) is 61.4 Å². The molecule has 0 radical (unpaired) electrons. The van der Waals surface area contributed by atoms with Crippen molar-refractivity contribution >= 4 is 26.0 Å². The van der Waals surface area contributed by atoms with Gasteiger partial charge in [-0.25, -0.2) is 13.1 Å². The van der Waals surface area contributed by atoms with E-state index in [1.807, 2.05) is 31.2 Å². The van der Waals surface area contributed by atoms with Gasteiger partial charge in [-0.2, -0.15) is 0 Å². The Balaban J connectivity index is 1.87. The van der Waals surface area contributed by atoms with Crippen molar-refractivity contribution in [2.45, 2.75) is 13.0 Å². The van der Waals surface area contributed by atoms with Gasteiger partial charge in [0, 0.05) is 43.2 Å². The molecule has 1 aromatic rings. The van der Waals surface area contributed by atoms with Crippen LogP contribution in [0.1, 0.15) is 18.5 Å². The summed E-state index contributed by atoms with van der Waals surface area (Å²) in [6.45, 7) is 6.14. The zero-order valence-electron chi connectivity index (χ0n) is 12.2. The van der Waals surface area contributed by atoms with E-state index in [0.29, 0.717) is 6.54 Å². The van der Waals surface area contributed by atoms with Crippen molar-refractivity contribution in [3.63, 3.8) is 0 Å². The third kappa shape index (κ3) is 5.67. The first-order chi connectivity index (χ1) is 9.96. The predicted molar refractivity (Wildman–Crippen MR) is 88.8 cm³/mol. The molecule has 1 aliphatic rings. The number of hydrogen-bond acceptors (Lipinski definition) is 4. The Hall–Kier alpha value is -0.470. The smallest absolute Gasteiger partial charge is 0.213 e. The van der Waals surface area contributed by atoms with Crippen LogP contribution >= 0.6 is 15.9 Å². The highest BCUT2D eigenvalue weighted by molar-refractivity contribution is 9.10. The average Bonchev–Trinajstić information content (AvgIpc) is 2.46. The first-order valence-corrected chi connectivity index (χ1v) is 9.59. The lowest BCUT2D eigenvalue weighted by Crippen LogP contribution is -2.46. The molecule has 1 saturated heterocycles. The van der Waals surface area contributed by atoms with Gasteiger partial charge >= 0.3 is 0 Å². The molecule has 7 heteroatoms. The maximum atomic E-state index is 12.2. The number of rotatable bonds is 6. The Morgan fingerprint density at radius 2 is 2.10 bits per heavy atom. The first-order valence-electron chi connectivity index (χ1n) is 7.15. The van der Waals surface area contributed by atoms with Gasteiger partial charge in [-0.1, -0.05) is 28.1 Å². The van der Waals surface area contributed by atoms with E-state index in [9.17, 15) is 8.42 Å². The molecule has 1 fully saturated rings. The fourth-order valence-corrected chi connectivity index (χ4v) is 4.06. The van der Waals surface area contributed by atoms with Crippen LogP contribution < -0.4 is 10.0 Å². The third-order valence-electron chi connectivity index (χ3n) is 3.59. The summed E-state index contributed by atoms with van der Waals surface area (Å²) in [7, 11) is -3.27. The van der Waals surface area contributed by atoms with E-state index in [1.165, 1.54) is 0 Å². The maximum absolute atomic E-state index is 12.2. The molecule has 0 amide bonds. The molecule has 118 valence electrons. The molecule has 21 heavy (non-hydrogen) atoms. The number of piperazine rings is 1. The van der Waals surface area contributed by atoms with Gasteiger partial charge in [0.2, 0.25) is 10.0 Å². The van der Waals surface area contributed by atoms with Crippen LogP contribution in [-0.4, -0.2) is 51.8 Å². The largest absolute Gasteiger partial charge is 0.314 e. The number of sulfonamides is 1. The third-order valence-corrected chi connectivity index (χ3v) is 5.52. The van der Waals surface area contributed by atoms with E-state index in [-0.39, 0.29) is 11.8 Å². The Morgan fingerprint density at radius 1 is 1.38 bits per heavy atom. The van der Waals surface area contributed by atoms with Gasteiger partial charge in [-0.3, -0.25) is 4.90 Å². The molecule has 1 atom stereocenters. The Morgan fingerprint density at radius 3 is 2.76 bits per heavy atom. The van der Waals surface area contributed by atoms with E-state index in [1.54, 1.807) is 0 Å². The second-order valence-electron chi connectivity index (χ2n) is 5.31. The van der Waals surface area contributed by atoms with Gasteiger partial charge in [-0.05, 0) is 24.6 Å². The van der Waals surface area contributed by atoms with Crippen molar-refractivity contribution in [2.24, 2.45) is 0 Å². The molecule has 0 saturated carbocycles. The van der Waals surface area contributed by atoms with Crippen LogP contribution in [0.15, 0.2) is 28.7 Å². The van der Waals surface area contributed by atoms with Crippen LogP contribution in [0.4, 0.5) is 0 Å². The molecule has 1 heterocycles. The van der Waals surface area contributed by atoms with Crippen molar-refractivity contribution in [1.29, 1.82) is 0 Å². The number of benzene rings is 1. The number of hydrogen-bond donors (Lipinski definition) is 2. The summed E-state index contributed by atoms with van der Waals surface area (Å²) in [4.78, 5) is 2.18. The predicted octanol–water partition coefficient (Wildman–Crippen LogP) is 1.33. The molecular formula is C14H22BrN3O2S. The quantitative estimate of drug-likeness (QED) is 0.787. The molecule has 1 unspecified atom stereocenters. The lowest BCUT2D eigenvalue weighted by Gasteiger charge is -2.27. The van der Waals surface area contributed by atoms with E-state index >= 15 is 0 Å². The summed E-state index contributed by atoms with van der Waals surface area (Å²) in [6, 6.07) is 7.47. The molecule has 1 aromatic carbocycles. The highest BCUT2D eigenvalue weighted by atomic mass is 79.9. The van der Waals surface area contributed by atoms with Crippen LogP contribution in [0.5, 0.6) is 0 Å². The maximum Gasteiger partial charge on any atom is 0.213 e. The van der Waals surface area contributed by atoms with Gasteiger partial charge in [0.05, 0.1) is 5.75 Å². The van der Waals surface area contributed by atoms with Crippen LogP contribution in [0, 0.1) is 0 Å². The summed E-state index contributed by atoms with van der Waals surface area (Å²) >= 11 is 3.40. The molecule has 0 spiro atoms. The summed E-state index contributed by atoms with van der Waals surface area (Å²) in [5, 5.41) is 3.26. The lowest BCUT2D eigenvalue weighted by molar-refractivity contribution is 0.253. The van der Waals surface area contributed by atoms with Crippen LogP contribution in [0.2, 0.25) is 0 Å². The summed E-state index contributed by atoms with van der Waals surface area (Å²) in [5.74, 6) is 0.144. The molecule has 0 aromatic heterocycles. The Labute approximate surface area is 135 Å². The summed E-state index contributed by atoms with van der Waals surface area (Å²) < 4.78 is 28.1. The Bertz CT molecular complexity index is 559. The minimum atomic E-state index is -3.27. The zero-order chi connectivity index (χ0) is 15.3. The SMILES string of the molecule is CC(NS(=O)(=O)CCN1CCNCC1)c1cccc(Br)c1. The fourth-order valence-electron chi connectivity index (χ4n) is 2.36. The molecule has 0 aliphatic carbocycles. The van der Waals surface area contributed by atoms with Crippen molar-refractivity contribution in [1.82, 2.24) is 14.9 Å². The molecule has 2 rings (SSSR count). The number of nitrogens with one attached hydrogen (secondary N) is 2. The van der Waals surface area contributed by atoms with Gasteiger partial charge in [0.15, 0.2) is 0 Å². The van der Waals surface area contributed by atoms with Crippen molar-refractivity contribution in [3.8, 4) is 0 Å². The fraction of sp³-hybridized carbons (Fsp3) is 0.571. The molecule has 5 nitrogen and oxygen atoms in total. The van der Waals surface area contributed by atoms with Gasteiger partial charge in [-0.15, -0.1) is 0 Å². The van der Waals surface area contributed by atoms with E-state index in [0.717, 1.165) is 36.2 Å². The minimum absolute atomic E-state index is 0.144. The normalized spacial score (nSPS) is 18.6. The summed E-state index contributed by atoms with van der Waals surface area (Å²) in [5.41, 5.74) is 0.954. The van der Waals surface area contributed by atoms with Gasteiger partial charge in [0.1, 0.15) is 0 Å². The van der Waals surface area contributed by atoms with Crippen LogP contribution in [-0.2, 0) is 10.0 Å². The molecular weight excluding hydrogens is 354 g/mol. The second kappa shape index (κ2) is 7.69. The number of nitrogens with zero attached hydrogens (tertiary/aromatic N) is 1. The van der Waals surface area contributed by atoms with Gasteiger partial charge in [0.25, 0.3) is 0 Å². The molecule has 0 bridgehead atoms. The number of halogens is 1. The second-order valence-corrected chi connectivity index (χ2v) is 8.09. The molecule has 1 aliphatic heterocycles. The van der Waals surface area contributed by atoms with E-state index in [2.05, 4.69) is 30.9 Å². The van der Waals surface area contributed by atoms with Crippen LogP contribution in [0.25, 0.3) is 0 Å². The summed E-state index contributed by atoms with van der Waals surface area (Å²) in [6.07, 6.45) is 0. The molecule has 2 N–H and O–H groups in total. The minimum Gasteiger partial charge on any atom is -0.314 e. The van der Waals surface area contributed by atoms with Crippen molar-refractivity contribution < 1.29 is 8.42 Å². The van der Waals surface area contributed by atoms with Crippen molar-refractivity contribution in [3.05, 3.63) is 34.3 Å². The zero-order valence-corrected chi connectivity index (χ0v) is 14.6. The van der Waals surface area contributed by atoms with E-state index < -0.39 is 10.0 Å². The highest BCUT2D eigenvalue weighted by Crippen LogP contribution is 2.18. The van der Waals surface area contributed by atoms with E-state index in [4.69, 9.17) is 0 Å². The van der Waals surface area contributed by atoms with Gasteiger partial charge < -0.3 is 5.32 Å². The van der Waals surface area contributed by atoms with Crippen molar-refractivity contribution in [2.75, 3.05) is 38.5 Å². The monoisotopic (exact) mass is 375 g/mol. The highest BCUT2D eigenvalue weighted by Gasteiger charge is 2.18. The standard InChI is InChI=1S/C14H22BrN3O2S/c1-12(13-3-2-4-14(15)11-13)17-21(19,20)10-9-18-7-5-16-6-8-18/h2-4,11-12,16-17H,5-10H2,1H3. The average molecular weight is 376 g/mol. The lowest BCUT2D eigenvalue weighted by atomic mass is 10.1. The van der Waals surface area contributed by atoms with Crippen LogP contribution in [0.3, 0.4) is 0 Å². The Kier molecular flexibility index (Phi) is 6.19. The first kappa shape index (κ1) is 16.9.